The minimum Gasteiger partial charge on any atom is -0.422 e. The number of aliphatic hydroxyl groups excluding tert-OH is 1. The number of carbonyl (C=O) groups is 1. The van der Waals surface area contributed by atoms with Crippen molar-refractivity contribution in [2.75, 3.05) is 0 Å². The van der Waals surface area contributed by atoms with E-state index in [1.54, 1.807) is 18.2 Å². The van der Waals surface area contributed by atoms with Gasteiger partial charge in [0.1, 0.15) is 11.1 Å². The first-order chi connectivity index (χ1) is 13.6. The maximum atomic E-state index is 12.4. The summed E-state index contributed by atoms with van der Waals surface area (Å²) in [5, 5.41) is 10.8. The van der Waals surface area contributed by atoms with Gasteiger partial charge >= 0.3 is 11.6 Å². The molecule has 0 radical (unpaired) electrons. The molecule has 2 aromatic heterocycles. The van der Waals surface area contributed by atoms with Crippen LogP contribution in [0, 0.1) is 5.41 Å². The normalized spacial score (nSPS) is 12.7. The van der Waals surface area contributed by atoms with Gasteiger partial charge in [0.2, 0.25) is 0 Å². The third-order valence-electron chi connectivity index (χ3n) is 4.06. The lowest BCUT2D eigenvalue weighted by Crippen LogP contribution is -2.28. The number of carbonyl (C=O) groups excluding carboxylic acids is 1. The van der Waals surface area contributed by atoms with Crippen molar-refractivity contribution < 1.29 is 23.8 Å². The van der Waals surface area contributed by atoms with Gasteiger partial charge in [-0.25, -0.2) is 9.59 Å². The Bertz CT molecular complexity index is 1100. The molecule has 0 amide bonds. The number of benzene rings is 1. The van der Waals surface area contributed by atoms with Gasteiger partial charge in [-0.05, 0) is 23.8 Å². The molecule has 1 aromatic carbocycles. The van der Waals surface area contributed by atoms with Crippen LogP contribution in [0.15, 0.2) is 51.9 Å². The van der Waals surface area contributed by atoms with E-state index in [9.17, 15) is 14.7 Å². The predicted octanol–water partition coefficient (Wildman–Crippen LogP) is 3.94. The number of aromatic nitrogens is 1. The molecule has 1 unspecified atom stereocenters. The summed E-state index contributed by atoms with van der Waals surface area (Å²) in [6.45, 7) is 5.74. The standard InChI is InChI=1S/C21H20ClNO6/c1-21(2,3)20(26)27-11-12-4-5-17-13(6-12)7-16(19(25)29-17)18(24)28-15-8-14(22)9-23-10-15/h4-10,20,26H,11H2,1-3H3. The van der Waals surface area contributed by atoms with Crippen LogP contribution in [0.1, 0.15) is 36.7 Å². The van der Waals surface area contributed by atoms with E-state index in [1.807, 2.05) is 20.8 Å². The van der Waals surface area contributed by atoms with Gasteiger partial charge in [0.25, 0.3) is 0 Å². The van der Waals surface area contributed by atoms with Gasteiger partial charge in [-0.1, -0.05) is 38.4 Å². The van der Waals surface area contributed by atoms with Gasteiger partial charge in [-0.3, -0.25) is 4.98 Å². The molecule has 1 N–H and O–H groups in total. The van der Waals surface area contributed by atoms with Crippen LogP contribution < -0.4 is 10.4 Å². The zero-order chi connectivity index (χ0) is 21.2. The quantitative estimate of drug-likeness (QED) is 0.381. The summed E-state index contributed by atoms with van der Waals surface area (Å²) in [6, 6.07) is 7.84. The molecule has 3 aromatic rings. The number of ether oxygens (including phenoxy) is 2. The van der Waals surface area contributed by atoms with Crippen LogP contribution in [0.5, 0.6) is 5.75 Å². The second-order valence-corrected chi connectivity index (χ2v) is 8.01. The Hall–Kier alpha value is -2.74. The highest BCUT2D eigenvalue weighted by atomic mass is 35.5. The molecule has 3 rings (SSSR count). The molecule has 0 bridgehead atoms. The minimum atomic E-state index is -0.941. The number of pyridine rings is 1. The number of halogens is 1. The van der Waals surface area contributed by atoms with Crippen LogP contribution in [-0.4, -0.2) is 22.3 Å². The number of hydrogen-bond acceptors (Lipinski definition) is 7. The second-order valence-electron chi connectivity index (χ2n) is 7.58. The lowest BCUT2D eigenvalue weighted by molar-refractivity contribution is -0.166. The molecule has 0 aliphatic heterocycles. The predicted molar refractivity (Wildman–Crippen MR) is 107 cm³/mol. The number of esters is 1. The van der Waals surface area contributed by atoms with Gasteiger partial charge < -0.3 is 19.0 Å². The van der Waals surface area contributed by atoms with E-state index < -0.39 is 23.3 Å². The minimum absolute atomic E-state index is 0.111. The zero-order valence-corrected chi connectivity index (χ0v) is 16.9. The molecule has 2 heterocycles. The Kier molecular flexibility index (Phi) is 6.02. The molecule has 0 saturated carbocycles. The Morgan fingerprint density at radius 2 is 2.00 bits per heavy atom. The summed E-state index contributed by atoms with van der Waals surface area (Å²) >= 11 is 5.82. The Morgan fingerprint density at radius 3 is 2.69 bits per heavy atom. The molecule has 0 aliphatic carbocycles. The third-order valence-corrected chi connectivity index (χ3v) is 4.26. The number of aliphatic hydroxyl groups is 1. The van der Waals surface area contributed by atoms with Crippen LogP contribution in [0.2, 0.25) is 5.02 Å². The van der Waals surface area contributed by atoms with Crippen molar-refractivity contribution in [3.63, 3.8) is 0 Å². The van der Waals surface area contributed by atoms with Crippen molar-refractivity contribution in [2.45, 2.75) is 33.7 Å². The fourth-order valence-corrected chi connectivity index (χ4v) is 2.60. The third kappa shape index (κ3) is 5.20. The maximum Gasteiger partial charge on any atom is 0.351 e. The number of hydrogen-bond donors (Lipinski definition) is 1. The van der Waals surface area contributed by atoms with Gasteiger partial charge in [-0.2, -0.15) is 0 Å². The van der Waals surface area contributed by atoms with Crippen molar-refractivity contribution in [2.24, 2.45) is 5.41 Å². The average Bonchev–Trinajstić information content (AvgIpc) is 2.64. The fourth-order valence-electron chi connectivity index (χ4n) is 2.44. The molecule has 0 spiro atoms. The fraction of sp³-hybridized carbons (Fsp3) is 0.286. The first-order valence-corrected chi connectivity index (χ1v) is 9.20. The molecule has 7 nitrogen and oxygen atoms in total. The summed E-state index contributed by atoms with van der Waals surface area (Å²) in [7, 11) is 0. The van der Waals surface area contributed by atoms with E-state index >= 15 is 0 Å². The van der Waals surface area contributed by atoms with Crippen LogP contribution >= 0.6 is 11.6 Å². The summed E-state index contributed by atoms with van der Waals surface area (Å²) in [5.74, 6) is -0.769. The highest BCUT2D eigenvalue weighted by Crippen LogP contribution is 2.23. The van der Waals surface area contributed by atoms with Crippen molar-refractivity contribution in [1.29, 1.82) is 0 Å². The Labute approximate surface area is 171 Å². The molecule has 152 valence electrons. The van der Waals surface area contributed by atoms with Crippen molar-refractivity contribution in [1.82, 2.24) is 4.98 Å². The molecule has 1 atom stereocenters. The molecule has 0 saturated heterocycles. The van der Waals surface area contributed by atoms with Crippen LogP contribution in [0.4, 0.5) is 0 Å². The number of fused-ring (bicyclic) bond motifs is 1. The number of nitrogens with zero attached hydrogens (tertiary/aromatic N) is 1. The molecule has 29 heavy (non-hydrogen) atoms. The second kappa shape index (κ2) is 8.32. The lowest BCUT2D eigenvalue weighted by atomic mass is 9.96. The molecule has 8 heteroatoms. The van der Waals surface area contributed by atoms with E-state index in [2.05, 4.69) is 4.98 Å². The van der Waals surface area contributed by atoms with E-state index in [-0.39, 0.29) is 17.9 Å². The zero-order valence-electron chi connectivity index (χ0n) is 16.1. The topological polar surface area (TPSA) is 98.9 Å². The van der Waals surface area contributed by atoms with Crippen molar-refractivity contribution >= 4 is 28.5 Å². The van der Waals surface area contributed by atoms with E-state index in [4.69, 9.17) is 25.5 Å². The Balaban J connectivity index is 1.84. The SMILES string of the molecule is CC(C)(C)C(O)OCc1ccc2oc(=O)c(C(=O)Oc3cncc(Cl)c3)cc2c1. The summed E-state index contributed by atoms with van der Waals surface area (Å²) < 4.78 is 15.9. The van der Waals surface area contributed by atoms with Gasteiger partial charge in [0.05, 0.1) is 17.8 Å². The molecular weight excluding hydrogens is 398 g/mol. The Morgan fingerprint density at radius 1 is 1.24 bits per heavy atom. The van der Waals surface area contributed by atoms with Crippen LogP contribution in [0.3, 0.4) is 0 Å². The summed E-state index contributed by atoms with van der Waals surface area (Å²) in [5.41, 5.74) is -0.436. The van der Waals surface area contributed by atoms with E-state index in [0.29, 0.717) is 16.0 Å². The maximum absolute atomic E-state index is 12.4. The van der Waals surface area contributed by atoms with E-state index in [0.717, 1.165) is 5.56 Å². The smallest absolute Gasteiger partial charge is 0.351 e. The van der Waals surface area contributed by atoms with Gasteiger partial charge in [0, 0.05) is 23.1 Å². The van der Waals surface area contributed by atoms with Crippen molar-refractivity contribution in [3.05, 3.63) is 69.3 Å². The molecule has 0 aliphatic rings. The molecule has 0 fully saturated rings. The van der Waals surface area contributed by atoms with Gasteiger partial charge in [0.15, 0.2) is 12.0 Å². The average molecular weight is 418 g/mol. The van der Waals surface area contributed by atoms with Crippen molar-refractivity contribution in [3.8, 4) is 5.75 Å². The first-order valence-electron chi connectivity index (χ1n) is 8.83. The first kappa shape index (κ1) is 21.0. The monoisotopic (exact) mass is 417 g/mol. The van der Waals surface area contributed by atoms with Crippen LogP contribution in [-0.2, 0) is 11.3 Å². The number of rotatable bonds is 5. The molecular formula is C21H20ClNO6. The highest BCUT2D eigenvalue weighted by Gasteiger charge is 2.23. The largest absolute Gasteiger partial charge is 0.422 e. The lowest BCUT2D eigenvalue weighted by Gasteiger charge is -2.25. The van der Waals surface area contributed by atoms with E-state index in [1.165, 1.54) is 24.5 Å². The summed E-state index contributed by atoms with van der Waals surface area (Å²) in [4.78, 5) is 28.4. The van der Waals surface area contributed by atoms with Gasteiger partial charge in [-0.15, -0.1) is 0 Å². The summed E-state index contributed by atoms with van der Waals surface area (Å²) in [6.07, 6.45) is 1.76. The van der Waals surface area contributed by atoms with Crippen LogP contribution in [0.25, 0.3) is 11.0 Å². The highest BCUT2D eigenvalue weighted by molar-refractivity contribution is 6.30.